The molecular formula is C14H18N2O4. The van der Waals surface area contributed by atoms with E-state index in [1.165, 1.54) is 0 Å². The van der Waals surface area contributed by atoms with E-state index >= 15 is 0 Å². The summed E-state index contributed by atoms with van der Waals surface area (Å²) in [6.07, 6.45) is 2.65. The number of amides is 1. The molecule has 1 aliphatic rings. The molecule has 1 fully saturated rings. The van der Waals surface area contributed by atoms with Crippen molar-refractivity contribution in [3.05, 3.63) is 30.1 Å². The average Bonchev–Trinajstić information content (AvgIpc) is 2.96. The lowest BCUT2D eigenvalue weighted by atomic mass is 10.1. The van der Waals surface area contributed by atoms with Crippen molar-refractivity contribution < 1.29 is 19.4 Å². The Bertz CT molecular complexity index is 491. The van der Waals surface area contributed by atoms with Crippen molar-refractivity contribution in [2.45, 2.75) is 38.0 Å². The van der Waals surface area contributed by atoms with E-state index in [1.54, 1.807) is 24.3 Å². The third-order valence-electron chi connectivity index (χ3n) is 3.69. The van der Waals surface area contributed by atoms with Crippen LogP contribution in [0.25, 0.3) is 0 Å². The molecule has 108 valence electrons. The molecule has 6 heteroatoms. The molecule has 0 bridgehead atoms. The highest BCUT2D eigenvalue weighted by Crippen LogP contribution is 2.25. The maximum absolute atomic E-state index is 12.3. The van der Waals surface area contributed by atoms with Crippen LogP contribution in [0.2, 0.25) is 0 Å². The van der Waals surface area contributed by atoms with Gasteiger partial charge in [0.2, 0.25) is 0 Å². The largest absolute Gasteiger partial charge is 0.479 e. The first kappa shape index (κ1) is 14.5. The zero-order chi connectivity index (χ0) is 14.7. The number of carboxylic acids is 1. The lowest BCUT2D eigenvalue weighted by molar-refractivity contribution is -0.155. The minimum atomic E-state index is -1.01. The quantitative estimate of drug-likeness (QED) is 0.896. The lowest BCUT2D eigenvalue weighted by Gasteiger charge is -2.27. The van der Waals surface area contributed by atoms with Crippen molar-refractivity contribution in [1.82, 2.24) is 9.88 Å². The zero-order valence-electron chi connectivity index (χ0n) is 11.5. The van der Waals surface area contributed by atoms with Crippen LogP contribution in [0, 0.1) is 0 Å². The number of ether oxygens (including phenoxy) is 1. The Labute approximate surface area is 117 Å². The number of likely N-dealkylation sites (N-methyl/N-ethyl adjacent to an activating group) is 1. The molecule has 1 aliphatic heterocycles. The van der Waals surface area contributed by atoms with Gasteiger partial charge in [-0.05, 0) is 37.5 Å². The maximum atomic E-state index is 12.3. The summed E-state index contributed by atoms with van der Waals surface area (Å²) in [6, 6.07) is 3.59. The highest BCUT2D eigenvalue weighted by molar-refractivity contribution is 5.82. The summed E-state index contributed by atoms with van der Waals surface area (Å²) in [5.74, 6) is -1.19. The summed E-state index contributed by atoms with van der Waals surface area (Å²) < 4.78 is 5.29. The average molecular weight is 278 g/mol. The maximum Gasteiger partial charge on any atom is 0.332 e. The fourth-order valence-corrected chi connectivity index (χ4v) is 2.28. The van der Waals surface area contributed by atoms with Crippen molar-refractivity contribution in [2.75, 3.05) is 7.05 Å². The van der Waals surface area contributed by atoms with E-state index in [-0.39, 0.29) is 11.9 Å². The number of rotatable bonds is 4. The van der Waals surface area contributed by atoms with E-state index in [2.05, 4.69) is 4.98 Å². The number of carboxylic acid groups (broad SMARTS) is 1. The molecule has 0 unspecified atom stereocenters. The van der Waals surface area contributed by atoms with Crippen molar-refractivity contribution in [1.29, 1.82) is 0 Å². The van der Waals surface area contributed by atoms with Crippen LogP contribution >= 0.6 is 0 Å². The zero-order valence-corrected chi connectivity index (χ0v) is 11.5. The Kier molecular flexibility index (Phi) is 4.34. The van der Waals surface area contributed by atoms with Crippen LogP contribution in [-0.4, -0.2) is 46.1 Å². The number of pyridine rings is 1. The predicted octanol–water partition coefficient (Wildman–Crippen LogP) is 1.23. The Morgan fingerprint density at radius 2 is 1.95 bits per heavy atom. The SMILES string of the molecule is C[C@H](c1ccncc1)N(C)C(=O)[C@@H]1CC[C@H](C(=O)O)O1. The van der Waals surface area contributed by atoms with Gasteiger partial charge in [0.25, 0.3) is 5.91 Å². The number of aliphatic carboxylic acids is 1. The molecular weight excluding hydrogens is 260 g/mol. The van der Waals surface area contributed by atoms with Gasteiger partial charge in [-0.2, -0.15) is 0 Å². The summed E-state index contributed by atoms with van der Waals surface area (Å²) in [6.45, 7) is 1.91. The number of nitrogens with zero attached hydrogens (tertiary/aromatic N) is 2. The minimum absolute atomic E-state index is 0.113. The fourth-order valence-electron chi connectivity index (χ4n) is 2.28. The van der Waals surface area contributed by atoms with Gasteiger partial charge < -0.3 is 14.7 Å². The molecule has 2 heterocycles. The van der Waals surface area contributed by atoms with Gasteiger partial charge in [-0.15, -0.1) is 0 Å². The molecule has 0 radical (unpaired) electrons. The van der Waals surface area contributed by atoms with Crippen LogP contribution in [0.5, 0.6) is 0 Å². The first-order valence-electron chi connectivity index (χ1n) is 6.55. The van der Waals surface area contributed by atoms with E-state index in [9.17, 15) is 9.59 Å². The van der Waals surface area contributed by atoms with Crippen LogP contribution in [0.4, 0.5) is 0 Å². The Balaban J connectivity index is 2.01. The van der Waals surface area contributed by atoms with Crippen molar-refractivity contribution in [3.8, 4) is 0 Å². The van der Waals surface area contributed by atoms with Crippen molar-refractivity contribution in [3.63, 3.8) is 0 Å². The summed E-state index contributed by atoms with van der Waals surface area (Å²) in [5, 5.41) is 8.88. The first-order valence-corrected chi connectivity index (χ1v) is 6.55. The molecule has 0 spiro atoms. The van der Waals surface area contributed by atoms with E-state index in [4.69, 9.17) is 9.84 Å². The highest BCUT2D eigenvalue weighted by atomic mass is 16.5. The molecule has 1 N–H and O–H groups in total. The van der Waals surface area contributed by atoms with Gasteiger partial charge in [0.1, 0.15) is 6.10 Å². The molecule has 2 rings (SSSR count). The Morgan fingerprint density at radius 1 is 1.35 bits per heavy atom. The summed E-state index contributed by atoms with van der Waals surface area (Å²) in [4.78, 5) is 28.7. The monoisotopic (exact) mass is 278 g/mol. The topological polar surface area (TPSA) is 79.7 Å². The second-order valence-electron chi connectivity index (χ2n) is 4.93. The molecule has 1 saturated heterocycles. The van der Waals surface area contributed by atoms with Crippen molar-refractivity contribution >= 4 is 11.9 Å². The summed E-state index contributed by atoms with van der Waals surface area (Å²) in [7, 11) is 1.70. The summed E-state index contributed by atoms with van der Waals surface area (Å²) >= 11 is 0. The van der Waals surface area contributed by atoms with Gasteiger partial charge in [0.05, 0.1) is 6.04 Å². The first-order chi connectivity index (χ1) is 9.50. The van der Waals surface area contributed by atoms with E-state index in [0.717, 1.165) is 5.56 Å². The molecule has 20 heavy (non-hydrogen) atoms. The van der Waals surface area contributed by atoms with Crippen molar-refractivity contribution in [2.24, 2.45) is 0 Å². The molecule has 0 saturated carbocycles. The molecule has 3 atom stereocenters. The van der Waals surface area contributed by atoms with Crippen LogP contribution < -0.4 is 0 Å². The van der Waals surface area contributed by atoms with Crippen LogP contribution in [0.1, 0.15) is 31.4 Å². The van der Waals surface area contributed by atoms with Gasteiger partial charge in [-0.1, -0.05) is 0 Å². The number of hydrogen-bond acceptors (Lipinski definition) is 4. The van der Waals surface area contributed by atoms with Gasteiger partial charge in [0.15, 0.2) is 6.10 Å². The van der Waals surface area contributed by atoms with Gasteiger partial charge in [0, 0.05) is 19.4 Å². The third kappa shape index (κ3) is 2.96. The fraction of sp³-hybridized carbons (Fsp3) is 0.500. The Morgan fingerprint density at radius 3 is 2.50 bits per heavy atom. The summed E-state index contributed by atoms with van der Waals surface area (Å²) in [5.41, 5.74) is 0.976. The predicted molar refractivity (Wildman–Crippen MR) is 71.0 cm³/mol. The van der Waals surface area contributed by atoms with Gasteiger partial charge >= 0.3 is 5.97 Å². The molecule has 1 aromatic rings. The number of carbonyl (C=O) groups is 2. The minimum Gasteiger partial charge on any atom is -0.479 e. The lowest BCUT2D eigenvalue weighted by Crippen LogP contribution is -2.38. The van der Waals surface area contributed by atoms with Crippen LogP contribution in [-0.2, 0) is 14.3 Å². The normalized spacial score (nSPS) is 23.3. The van der Waals surface area contributed by atoms with Gasteiger partial charge in [-0.25, -0.2) is 4.79 Å². The van der Waals surface area contributed by atoms with E-state index in [0.29, 0.717) is 12.8 Å². The van der Waals surface area contributed by atoms with E-state index < -0.39 is 18.2 Å². The molecule has 1 aromatic heterocycles. The second kappa shape index (κ2) is 6.00. The number of carbonyl (C=O) groups excluding carboxylic acids is 1. The molecule has 0 aliphatic carbocycles. The van der Waals surface area contributed by atoms with Crippen LogP contribution in [0.3, 0.4) is 0 Å². The number of aromatic nitrogens is 1. The number of hydrogen-bond donors (Lipinski definition) is 1. The van der Waals surface area contributed by atoms with Gasteiger partial charge in [-0.3, -0.25) is 9.78 Å². The second-order valence-corrected chi connectivity index (χ2v) is 4.93. The molecule has 6 nitrogen and oxygen atoms in total. The van der Waals surface area contributed by atoms with Crippen LogP contribution in [0.15, 0.2) is 24.5 Å². The molecule has 0 aromatic carbocycles. The smallest absolute Gasteiger partial charge is 0.332 e. The highest BCUT2D eigenvalue weighted by Gasteiger charge is 2.37. The third-order valence-corrected chi connectivity index (χ3v) is 3.69. The molecule has 1 amide bonds. The standard InChI is InChI=1S/C14H18N2O4/c1-9(10-5-7-15-8-6-10)16(2)13(17)11-3-4-12(20-11)14(18)19/h5-9,11-12H,3-4H2,1-2H3,(H,18,19)/t9-,11+,12-/m1/s1. The van der Waals surface area contributed by atoms with E-state index in [1.807, 2.05) is 19.1 Å². The Hall–Kier alpha value is -1.95.